The summed E-state index contributed by atoms with van der Waals surface area (Å²) in [6.07, 6.45) is 3.97. The summed E-state index contributed by atoms with van der Waals surface area (Å²) in [5.41, 5.74) is 3.47. The molecule has 0 saturated carbocycles. The molecule has 108 valence electrons. The Bertz CT molecular complexity index is 566. The molecule has 2 N–H and O–H groups in total. The number of aryl methyl sites for hydroxylation is 2. The van der Waals surface area contributed by atoms with Gasteiger partial charge < -0.3 is 5.32 Å². The number of rotatable bonds is 6. The Labute approximate surface area is 129 Å². The topological polar surface area (TPSA) is 40.7 Å². The van der Waals surface area contributed by atoms with Gasteiger partial charge in [0.25, 0.3) is 0 Å². The molecule has 1 aromatic heterocycles. The minimum absolute atomic E-state index is 0.187. The normalized spacial score (nSPS) is 12.6. The van der Waals surface area contributed by atoms with Crippen LogP contribution in [0.2, 0.25) is 10.0 Å². The minimum atomic E-state index is 0.187. The Kier molecular flexibility index (Phi) is 5.46. The molecule has 20 heavy (non-hydrogen) atoms. The van der Waals surface area contributed by atoms with Crippen molar-refractivity contribution in [1.29, 1.82) is 0 Å². The summed E-state index contributed by atoms with van der Waals surface area (Å²) in [6.45, 7) is 5.07. The van der Waals surface area contributed by atoms with E-state index in [1.54, 1.807) is 0 Å². The molecule has 0 amide bonds. The van der Waals surface area contributed by atoms with Crippen molar-refractivity contribution in [2.45, 2.75) is 32.7 Å². The number of aromatic amines is 1. The van der Waals surface area contributed by atoms with Crippen LogP contribution in [-0.4, -0.2) is 16.7 Å². The average Bonchev–Trinajstić information content (AvgIpc) is 2.83. The number of benzene rings is 1. The third-order valence-corrected chi connectivity index (χ3v) is 4.01. The van der Waals surface area contributed by atoms with E-state index in [1.165, 1.54) is 5.56 Å². The zero-order valence-corrected chi connectivity index (χ0v) is 13.2. The maximum absolute atomic E-state index is 6.19. The Morgan fingerprint density at radius 2 is 2.15 bits per heavy atom. The van der Waals surface area contributed by atoms with Gasteiger partial charge in [0.1, 0.15) is 0 Å². The summed E-state index contributed by atoms with van der Waals surface area (Å²) < 4.78 is 0. The molecule has 2 aromatic rings. The van der Waals surface area contributed by atoms with Crippen molar-refractivity contribution in [2.75, 3.05) is 6.54 Å². The molecule has 5 heteroatoms. The number of hydrogen-bond donors (Lipinski definition) is 2. The smallest absolute Gasteiger partial charge is 0.0522 e. The number of nitrogens with zero attached hydrogens (tertiary/aromatic N) is 1. The van der Waals surface area contributed by atoms with Crippen LogP contribution < -0.4 is 5.32 Å². The second-order valence-electron chi connectivity index (χ2n) is 4.97. The first kappa shape index (κ1) is 15.4. The Morgan fingerprint density at radius 3 is 2.85 bits per heavy atom. The van der Waals surface area contributed by atoms with Crippen molar-refractivity contribution in [3.8, 4) is 0 Å². The van der Waals surface area contributed by atoms with Crippen molar-refractivity contribution in [3.05, 3.63) is 51.3 Å². The monoisotopic (exact) mass is 311 g/mol. The van der Waals surface area contributed by atoms with E-state index < -0.39 is 0 Å². The largest absolute Gasteiger partial charge is 0.310 e. The molecule has 1 atom stereocenters. The van der Waals surface area contributed by atoms with Crippen LogP contribution in [0.15, 0.2) is 24.4 Å². The average molecular weight is 312 g/mol. The van der Waals surface area contributed by atoms with Gasteiger partial charge in [-0.1, -0.05) is 23.2 Å². The molecule has 2 rings (SSSR count). The first-order valence-corrected chi connectivity index (χ1v) is 7.50. The molecule has 0 aliphatic rings. The van der Waals surface area contributed by atoms with Crippen molar-refractivity contribution in [2.24, 2.45) is 0 Å². The van der Waals surface area contributed by atoms with Gasteiger partial charge in [-0.2, -0.15) is 5.10 Å². The molecule has 0 fully saturated rings. The number of H-pyrrole nitrogens is 1. The Hall–Kier alpha value is -1.03. The predicted molar refractivity (Wildman–Crippen MR) is 84.5 cm³/mol. The Morgan fingerprint density at radius 1 is 1.35 bits per heavy atom. The van der Waals surface area contributed by atoms with Gasteiger partial charge >= 0.3 is 0 Å². The maximum Gasteiger partial charge on any atom is 0.0522 e. The summed E-state index contributed by atoms with van der Waals surface area (Å²) in [4.78, 5) is 0. The van der Waals surface area contributed by atoms with Crippen molar-refractivity contribution in [1.82, 2.24) is 15.5 Å². The van der Waals surface area contributed by atoms with Gasteiger partial charge in [-0.25, -0.2) is 0 Å². The molecule has 1 unspecified atom stereocenters. The van der Waals surface area contributed by atoms with Crippen molar-refractivity contribution in [3.63, 3.8) is 0 Å². The minimum Gasteiger partial charge on any atom is -0.310 e. The molecule has 0 saturated heterocycles. The van der Waals surface area contributed by atoms with E-state index >= 15 is 0 Å². The highest BCUT2D eigenvalue weighted by molar-refractivity contribution is 6.33. The van der Waals surface area contributed by atoms with Gasteiger partial charge in [0.2, 0.25) is 0 Å². The SMILES string of the molecule is Cc1[nH]ncc1CCCNC(C)c1cc(Cl)ccc1Cl. The predicted octanol–water partition coefficient (Wildman–Crippen LogP) is 4.31. The number of halogens is 2. The molecule has 0 aliphatic carbocycles. The van der Waals surface area contributed by atoms with E-state index in [4.69, 9.17) is 23.2 Å². The van der Waals surface area contributed by atoms with Gasteiger partial charge in [0.15, 0.2) is 0 Å². The lowest BCUT2D eigenvalue weighted by Crippen LogP contribution is -2.20. The van der Waals surface area contributed by atoms with E-state index in [2.05, 4.69) is 22.4 Å². The van der Waals surface area contributed by atoms with Gasteiger partial charge in [0, 0.05) is 21.8 Å². The Balaban J connectivity index is 1.82. The van der Waals surface area contributed by atoms with Crippen LogP contribution in [0.5, 0.6) is 0 Å². The lowest BCUT2D eigenvalue weighted by atomic mass is 10.1. The van der Waals surface area contributed by atoms with E-state index in [0.29, 0.717) is 5.02 Å². The molecule has 1 heterocycles. The molecule has 1 aromatic carbocycles. The van der Waals surface area contributed by atoms with E-state index in [9.17, 15) is 0 Å². The van der Waals surface area contributed by atoms with Crippen molar-refractivity contribution < 1.29 is 0 Å². The molecule has 0 aliphatic heterocycles. The van der Waals surface area contributed by atoms with Crippen LogP contribution in [0.4, 0.5) is 0 Å². The maximum atomic E-state index is 6.19. The van der Waals surface area contributed by atoms with Crippen LogP contribution in [0.25, 0.3) is 0 Å². The zero-order chi connectivity index (χ0) is 14.5. The summed E-state index contributed by atoms with van der Waals surface area (Å²) >= 11 is 12.2. The summed E-state index contributed by atoms with van der Waals surface area (Å²) in [5, 5.41) is 11.9. The van der Waals surface area contributed by atoms with E-state index in [0.717, 1.165) is 35.7 Å². The summed E-state index contributed by atoms with van der Waals surface area (Å²) in [5.74, 6) is 0. The van der Waals surface area contributed by atoms with Crippen LogP contribution in [0.3, 0.4) is 0 Å². The fraction of sp³-hybridized carbons (Fsp3) is 0.400. The fourth-order valence-corrected chi connectivity index (χ4v) is 2.64. The second kappa shape index (κ2) is 7.11. The lowest BCUT2D eigenvalue weighted by Gasteiger charge is -2.16. The zero-order valence-electron chi connectivity index (χ0n) is 11.7. The van der Waals surface area contributed by atoms with Gasteiger partial charge in [-0.05, 0) is 62.6 Å². The molecular weight excluding hydrogens is 293 g/mol. The quantitative estimate of drug-likeness (QED) is 0.780. The number of aromatic nitrogens is 2. The van der Waals surface area contributed by atoms with Crippen LogP contribution in [0, 0.1) is 6.92 Å². The van der Waals surface area contributed by atoms with Gasteiger partial charge in [-0.15, -0.1) is 0 Å². The third kappa shape index (κ3) is 3.98. The van der Waals surface area contributed by atoms with E-state index in [-0.39, 0.29) is 6.04 Å². The first-order valence-electron chi connectivity index (χ1n) is 6.75. The van der Waals surface area contributed by atoms with Crippen LogP contribution >= 0.6 is 23.2 Å². The fourth-order valence-electron chi connectivity index (χ4n) is 2.18. The van der Waals surface area contributed by atoms with Gasteiger partial charge in [-0.3, -0.25) is 5.10 Å². The van der Waals surface area contributed by atoms with E-state index in [1.807, 2.05) is 31.3 Å². The van der Waals surface area contributed by atoms with Gasteiger partial charge in [0.05, 0.1) is 6.20 Å². The van der Waals surface area contributed by atoms with Crippen LogP contribution in [-0.2, 0) is 6.42 Å². The molecule has 0 bridgehead atoms. The summed E-state index contributed by atoms with van der Waals surface area (Å²) in [7, 11) is 0. The number of hydrogen-bond acceptors (Lipinski definition) is 2. The highest BCUT2D eigenvalue weighted by Crippen LogP contribution is 2.26. The standard InChI is InChI=1S/C15H19Cl2N3/c1-10-12(9-19-20-10)4-3-7-18-11(2)14-8-13(16)5-6-15(14)17/h5-6,8-9,11,18H,3-4,7H2,1-2H3,(H,19,20). The molecule has 3 nitrogen and oxygen atoms in total. The van der Waals surface area contributed by atoms with Crippen molar-refractivity contribution >= 4 is 23.2 Å². The third-order valence-electron chi connectivity index (χ3n) is 3.43. The highest BCUT2D eigenvalue weighted by atomic mass is 35.5. The summed E-state index contributed by atoms with van der Waals surface area (Å²) in [6, 6.07) is 5.75. The molecular formula is C15H19Cl2N3. The van der Waals surface area contributed by atoms with Crippen LogP contribution in [0.1, 0.15) is 36.2 Å². The first-order chi connectivity index (χ1) is 9.58. The molecule has 0 radical (unpaired) electrons. The lowest BCUT2D eigenvalue weighted by molar-refractivity contribution is 0.558. The molecule has 0 spiro atoms. The highest BCUT2D eigenvalue weighted by Gasteiger charge is 2.09. The number of nitrogens with one attached hydrogen (secondary N) is 2. The second-order valence-corrected chi connectivity index (χ2v) is 5.81.